The van der Waals surface area contributed by atoms with Crippen molar-refractivity contribution in [2.75, 3.05) is 0 Å². The Bertz CT molecular complexity index is 2890. The van der Waals surface area contributed by atoms with E-state index >= 15 is 0 Å². The summed E-state index contributed by atoms with van der Waals surface area (Å²) in [6, 6.07) is 72.6. The van der Waals surface area contributed by atoms with Crippen molar-refractivity contribution >= 4 is 29.0 Å². The van der Waals surface area contributed by atoms with Gasteiger partial charge in [0.15, 0.2) is 0 Å². The maximum absolute atomic E-state index is 2.99. The molecule has 0 N–H and O–H groups in total. The summed E-state index contributed by atoms with van der Waals surface area (Å²) in [4.78, 5) is 0. The standard InChI is InChI=1S/C33H33.2C13H10.C5H5.2ClH.Zr/c1-32(2,3)30-20-26-24(18-28(30)22-13-9-7-10-14-22)17-25-19-29(23-15-11-8-12-16-23)31(21-27(25)26)33(4,5)6;2*1-11-7-9-13(10-8-11)12-5-3-2-4-6-12;1-2-4-5-3-1;;;/h7-21H,1-6H3;2*1-10H;1-3H,4H2;2*1H;/q-1;;;-1;;;/p-2. The molecule has 0 aromatic heterocycles. The van der Waals surface area contributed by atoms with Crippen LogP contribution in [0.4, 0.5) is 0 Å². The maximum atomic E-state index is 2.99. The van der Waals surface area contributed by atoms with E-state index in [9.17, 15) is 0 Å². The molecule has 0 fully saturated rings. The molecule has 67 heavy (non-hydrogen) atoms. The Morgan fingerprint density at radius 1 is 0.433 bits per heavy atom. The molecule has 9 aromatic carbocycles. The molecule has 3 heteroatoms. The predicted molar refractivity (Wildman–Crippen MR) is 281 cm³/mol. The summed E-state index contributed by atoms with van der Waals surface area (Å²) < 4.78 is 4.87. The fourth-order valence-electron chi connectivity index (χ4n) is 8.44. The second-order valence-corrected chi connectivity index (χ2v) is 21.0. The van der Waals surface area contributed by atoms with Gasteiger partial charge in [-0.2, -0.15) is 6.08 Å². The first-order valence-corrected chi connectivity index (χ1v) is 25.6. The van der Waals surface area contributed by atoms with Crippen LogP contribution in [0, 0.1) is 6.08 Å². The molecule has 0 saturated carbocycles. The Morgan fingerprint density at radius 3 is 1.07 bits per heavy atom. The van der Waals surface area contributed by atoms with Crippen molar-refractivity contribution in [3.8, 4) is 44.5 Å². The minimum atomic E-state index is -0.679. The zero-order valence-electron chi connectivity index (χ0n) is 39.4. The summed E-state index contributed by atoms with van der Waals surface area (Å²) in [7, 11) is 0. The van der Waals surface area contributed by atoms with E-state index in [1.54, 1.807) is 0 Å². The van der Waals surface area contributed by atoms with Crippen LogP contribution in [0.15, 0.2) is 218 Å². The SMILES string of the molecule is CC(C)(C)c1cc2c(cc1-c1ccccc1)[cH-]c1cc(-c3ccccc3)c(C(C)(C)C)cc12.[C-]1=CC=CC1.[CH](=[Zr]=[CH]c1ccc(-c2ccccc2)cc1)c1ccc(-c2ccccc2)cc1.[Cl-].[Cl-]. The van der Waals surface area contributed by atoms with E-state index in [1.165, 1.54) is 88.3 Å². The molecule has 0 radical (unpaired) electrons. The molecule has 0 aliphatic heterocycles. The van der Waals surface area contributed by atoms with Crippen LogP contribution in [0.2, 0.25) is 0 Å². The third-order valence-corrected chi connectivity index (χ3v) is 14.3. The molecule has 1 aliphatic carbocycles. The number of hydrogen-bond donors (Lipinski definition) is 0. The zero-order valence-corrected chi connectivity index (χ0v) is 43.4. The average Bonchev–Trinajstić information content (AvgIpc) is 4.04. The first-order valence-electron chi connectivity index (χ1n) is 22.8. The fourth-order valence-corrected chi connectivity index (χ4v) is 10.5. The quantitative estimate of drug-likeness (QED) is 0.146. The predicted octanol–water partition coefficient (Wildman–Crippen LogP) is 11.1. The molecule has 9 aromatic rings. The third-order valence-electron chi connectivity index (χ3n) is 11.9. The van der Waals surface area contributed by atoms with Gasteiger partial charge in [-0.1, -0.05) is 114 Å². The topological polar surface area (TPSA) is 0 Å². The maximum Gasteiger partial charge on any atom is -1.00 e. The summed E-state index contributed by atoms with van der Waals surface area (Å²) in [6.45, 7) is 13.9. The van der Waals surface area contributed by atoms with Crippen molar-refractivity contribution in [2.45, 2.75) is 58.8 Å². The molecule has 1 aliphatic rings. The van der Waals surface area contributed by atoms with E-state index in [-0.39, 0.29) is 35.6 Å². The van der Waals surface area contributed by atoms with Gasteiger partial charge in [0.2, 0.25) is 0 Å². The van der Waals surface area contributed by atoms with Crippen molar-refractivity contribution in [1.29, 1.82) is 0 Å². The van der Waals surface area contributed by atoms with Gasteiger partial charge in [0, 0.05) is 0 Å². The van der Waals surface area contributed by atoms with Crippen molar-refractivity contribution in [3.63, 3.8) is 0 Å². The molecular formula is C64H58Cl2Zr-4. The fraction of sp³-hybridized carbons (Fsp3) is 0.141. The number of fused-ring (bicyclic) bond motifs is 3. The summed E-state index contributed by atoms with van der Waals surface area (Å²) in [5.41, 5.74) is 15.9. The second kappa shape index (κ2) is 23.4. The molecule has 10 rings (SSSR count). The summed E-state index contributed by atoms with van der Waals surface area (Å²) >= 11 is -0.679. The molecule has 0 heterocycles. The number of halogens is 2. The van der Waals surface area contributed by atoms with Crippen molar-refractivity contribution in [1.82, 2.24) is 0 Å². The second-order valence-electron chi connectivity index (χ2n) is 18.8. The average molecular weight is 989 g/mol. The van der Waals surface area contributed by atoms with E-state index in [0.29, 0.717) is 0 Å². The summed E-state index contributed by atoms with van der Waals surface area (Å²) in [5.74, 6) is 0. The van der Waals surface area contributed by atoms with Gasteiger partial charge in [0.25, 0.3) is 0 Å². The Labute approximate surface area is 422 Å². The minimum Gasteiger partial charge on any atom is -1.00 e. The van der Waals surface area contributed by atoms with Gasteiger partial charge in [-0.15, -0.1) is 46.2 Å². The van der Waals surface area contributed by atoms with Crippen molar-refractivity contribution in [2.24, 2.45) is 0 Å². The third kappa shape index (κ3) is 13.1. The first-order chi connectivity index (χ1) is 31.5. The molecule has 0 spiro atoms. The van der Waals surface area contributed by atoms with Gasteiger partial charge < -0.3 is 24.8 Å². The summed E-state index contributed by atoms with van der Waals surface area (Å²) in [6.07, 6.45) is 10.0. The number of hydrogen-bond acceptors (Lipinski definition) is 0. The van der Waals surface area contributed by atoms with Gasteiger partial charge in [0.05, 0.1) is 0 Å². The van der Waals surface area contributed by atoms with Crippen molar-refractivity contribution in [3.05, 3.63) is 247 Å². The summed E-state index contributed by atoms with van der Waals surface area (Å²) in [5, 5.41) is 5.36. The first kappa shape index (κ1) is 50.7. The Balaban J connectivity index is 0.000000197. The van der Waals surface area contributed by atoms with Crippen molar-refractivity contribution < 1.29 is 47.1 Å². The Morgan fingerprint density at radius 2 is 0.776 bits per heavy atom. The van der Waals surface area contributed by atoms with E-state index in [1.807, 2.05) is 12.2 Å². The van der Waals surface area contributed by atoms with Crippen LogP contribution in [0.25, 0.3) is 66.1 Å². The normalized spacial score (nSPS) is 11.6. The van der Waals surface area contributed by atoms with Gasteiger partial charge in [-0.05, 0) is 44.2 Å². The molecule has 0 bridgehead atoms. The Kier molecular flexibility index (Phi) is 17.7. The van der Waals surface area contributed by atoms with Crippen LogP contribution in [0.1, 0.15) is 70.2 Å². The van der Waals surface area contributed by atoms with E-state index < -0.39 is 22.3 Å². The number of rotatable bonds is 6. The number of benzene rings is 8. The van der Waals surface area contributed by atoms with Gasteiger partial charge in [-0.3, -0.25) is 6.08 Å². The van der Waals surface area contributed by atoms with E-state index in [4.69, 9.17) is 0 Å². The van der Waals surface area contributed by atoms with Crippen LogP contribution >= 0.6 is 0 Å². The molecule has 0 nitrogen and oxygen atoms in total. The van der Waals surface area contributed by atoms with Gasteiger partial charge in [-0.25, -0.2) is 12.2 Å². The zero-order chi connectivity index (χ0) is 45.2. The molecule has 0 saturated heterocycles. The molecule has 0 unspecified atom stereocenters. The van der Waals surface area contributed by atoms with E-state index in [2.05, 4.69) is 261 Å². The van der Waals surface area contributed by atoms with Gasteiger partial charge in [0.1, 0.15) is 0 Å². The molecular weight excluding hydrogens is 931 g/mol. The van der Waals surface area contributed by atoms with Crippen LogP contribution in [-0.2, 0) is 33.1 Å². The molecule has 0 atom stereocenters. The minimum absolute atomic E-state index is 0. The van der Waals surface area contributed by atoms with Crippen LogP contribution in [0.3, 0.4) is 0 Å². The smallest absolute Gasteiger partial charge is 1.00 e. The van der Waals surface area contributed by atoms with Crippen LogP contribution < -0.4 is 24.8 Å². The monoisotopic (exact) mass is 986 g/mol. The van der Waals surface area contributed by atoms with Crippen LogP contribution in [-0.4, -0.2) is 7.42 Å². The molecule has 336 valence electrons. The number of allylic oxidation sites excluding steroid dienone is 4. The molecule has 0 amide bonds. The Hall–Kier alpha value is -5.69. The van der Waals surface area contributed by atoms with Crippen LogP contribution in [0.5, 0.6) is 0 Å². The largest absolute Gasteiger partial charge is 1.00 e. The van der Waals surface area contributed by atoms with E-state index in [0.717, 1.165) is 6.42 Å². The van der Waals surface area contributed by atoms with Gasteiger partial charge >= 0.3 is 172 Å².